The minimum atomic E-state index is -1.24. The van der Waals surface area contributed by atoms with Gasteiger partial charge in [0.1, 0.15) is 17.7 Å². The molecule has 3 aromatic rings. The molecule has 0 bridgehead atoms. The van der Waals surface area contributed by atoms with Crippen LogP contribution in [0.5, 0.6) is 0 Å². The maximum Gasteiger partial charge on any atom is 0.326 e. The second kappa shape index (κ2) is 11.4. The number of rotatable bonds is 8. The highest BCUT2D eigenvalue weighted by Crippen LogP contribution is 2.33. The lowest BCUT2D eigenvalue weighted by atomic mass is 9.84. The molecule has 1 saturated carbocycles. The van der Waals surface area contributed by atoms with Gasteiger partial charge in [-0.2, -0.15) is 0 Å². The largest absolute Gasteiger partial charge is 0.480 e. The van der Waals surface area contributed by atoms with Crippen LogP contribution in [-0.4, -0.2) is 66.5 Å². The van der Waals surface area contributed by atoms with E-state index in [-0.39, 0.29) is 24.8 Å². The van der Waals surface area contributed by atoms with E-state index in [1.165, 1.54) is 15.8 Å². The zero-order chi connectivity index (χ0) is 28.4. The van der Waals surface area contributed by atoms with Gasteiger partial charge in [-0.3, -0.25) is 9.59 Å². The maximum absolute atomic E-state index is 14.1. The lowest BCUT2D eigenvalue weighted by Crippen LogP contribution is -2.52. The van der Waals surface area contributed by atoms with Gasteiger partial charge in [-0.05, 0) is 49.1 Å². The Morgan fingerprint density at radius 2 is 1.80 bits per heavy atom. The molecule has 2 aromatic carbocycles. The molecule has 3 atom stereocenters. The van der Waals surface area contributed by atoms with Crippen molar-refractivity contribution in [2.24, 2.45) is 5.92 Å². The fourth-order valence-electron chi connectivity index (χ4n) is 6.17. The van der Waals surface area contributed by atoms with E-state index in [2.05, 4.69) is 15.6 Å². The summed E-state index contributed by atoms with van der Waals surface area (Å²) in [6.45, 7) is 3.31. The second-order valence-corrected chi connectivity index (χ2v) is 11.7. The van der Waals surface area contributed by atoms with Gasteiger partial charge in [0, 0.05) is 18.5 Å². The van der Waals surface area contributed by atoms with Crippen LogP contribution in [0.25, 0.3) is 10.8 Å². The first kappa shape index (κ1) is 27.8. The summed E-state index contributed by atoms with van der Waals surface area (Å²) in [6, 6.07) is 10.8. The summed E-state index contributed by atoms with van der Waals surface area (Å²) in [5.41, 5.74) is -0.345. The highest BCUT2D eigenvalue weighted by molar-refractivity contribution is 6.01. The molecule has 1 aliphatic heterocycles. The van der Waals surface area contributed by atoms with E-state index in [9.17, 15) is 24.6 Å². The minimum Gasteiger partial charge on any atom is -0.480 e. The number of hydrogen-bond acceptors (Lipinski definition) is 6. The van der Waals surface area contributed by atoms with Crippen LogP contribution in [0.4, 0.5) is 0 Å². The summed E-state index contributed by atoms with van der Waals surface area (Å²) in [5, 5.41) is 33.6. The van der Waals surface area contributed by atoms with E-state index in [0.717, 1.165) is 42.9 Å². The van der Waals surface area contributed by atoms with E-state index >= 15 is 0 Å². The van der Waals surface area contributed by atoms with Crippen molar-refractivity contribution >= 4 is 28.6 Å². The van der Waals surface area contributed by atoms with Crippen molar-refractivity contribution in [1.82, 2.24) is 25.2 Å². The van der Waals surface area contributed by atoms with Crippen molar-refractivity contribution in [3.63, 3.8) is 0 Å². The number of carboxylic acids is 1. The molecular weight excluding hydrogens is 510 g/mol. The summed E-state index contributed by atoms with van der Waals surface area (Å²) in [7, 11) is 0. The second-order valence-electron chi connectivity index (χ2n) is 11.7. The topological polar surface area (TPSA) is 138 Å². The summed E-state index contributed by atoms with van der Waals surface area (Å²) in [5.74, 6) is -1.60. The number of benzene rings is 2. The number of fused-ring (bicyclic) bond motifs is 1. The quantitative estimate of drug-likeness (QED) is 0.391. The Bertz CT molecular complexity index is 1390. The van der Waals surface area contributed by atoms with Crippen LogP contribution in [0.1, 0.15) is 80.9 Å². The van der Waals surface area contributed by atoms with Crippen molar-refractivity contribution in [3.05, 3.63) is 59.9 Å². The summed E-state index contributed by atoms with van der Waals surface area (Å²) in [6.07, 6.45) is 7.33. The Balaban J connectivity index is 1.41. The van der Waals surface area contributed by atoms with Gasteiger partial charge < -0.3 is 20.4 Å². The summed E-state index contributed by atoms with van der Waals surface area (Å²) in [4.78, 5) is 41.2. The fourth-order valence-corrected chi connectivity index (χ4v) is 6.17. The zero-order valence-corrected chi connectivity index (χ0v) is 23.0. The molecule has 1 aromatic heterocycles. The molecule has 10 nitrogen and oxygen atoms in total. The third-order valence-electron chi connectivity index (χ3n) is 8.30. The first-order valence-corrected chi connectivity index (χ1v) is 14.1. The average Bonchev–Trinajstić information content (AvgIpc) is 3.60. The predicted molar refractivity (Wildman–Crippen MR) is 148 cm³/mol. The van der Waals surface area contributed by atoms with Crippen molar-refractivity contribution in [2.45, 2.75) is 82.5 Å². The fraction of sp³-hybridized carbons (Fsp3) is 0.500. The zero-order valence-electron chi connectivity index (χ0n) is 23.0. The van der Waals surface area contributed by atoms with Crippen LogP contribution in [0, 0.1) is 5.92 Å². The van der Waals surface area contributed by atoms with Crippen LogP contribution < -0.4 is 5.32 Å². The average molecular weight is 548 g/mol. The van der Waals surface area contributed by atoms with E-state index in [4.69, 9.17) is 0 Å². The molecule has 10 heteroatoms. The van der Waals surface area contributed by atoms with Gasteiger partial charge in [-0.25, -0.2) is 9.48 Å². The van der Waals surface area contributed by atoms with Crippen LogP contribution in [0.15, 0.2) is 48.7 Å². The molecular formula is C30H37N5O5. The normalized spacial score (nSPS) is 20.9. The summed E-state index contributed by atoms with van der Waals surface area (Å²) < 4.78 is 1.52. The van der Waals surface area contributed by atoms with Gasteiger partial charge in [0.2, 0.25) is 5.91 Å². The standard InChI is InChI=1S/C30H37N5O5/c1-30(2,40)26-17-31-33-35(26)23-16-25(29(38)39)34(18-23)28(37)24(14-19-8-4-3-5-9-19)32-27(36)22-13-12-20-10-6-7-11-21(20)15-22/h6-7,10-13,15,17,19,23-25,40H,3-5,8-9,14,16,18H2,1-2H3,(H,32,36)(H,38,39)/t23-,24?,25-/m0/s1. The number of carbonyl (C=O) groups is 3. The number of likely N-dealkylation sites (tertiary alicyclic amines) is 1. The van der Waals surface area contributed by atoms with Crippen LogP contribution >= 0.6 is 0 Å². The lowest BCUT2D eigenvalue weighted by Gasteiger charge is -2.31. The number of aromatic nitrogens is 3. The first-order valence-electron chi connectivity index (χ1n) is 14.1. The van der Waals surface area contributed by atoms with Crippen molar-refractivity contribution in [2.75, 3.05) is 6.54 Å². The third kappa shape index (κ3) is 5.86. The Labute approximate surface area is 233 Å². The molecule has 0 spiro atoms. The molecule has 0 radical (unpaired) electrons. The van der Waals surface area contributed by atoms with E-state index in [1.807, 2.05) is 36.4 Å². The Morgan fingerprint density at radius 1 is 1.07 bits per heavy atom. The van der Waals surface area contributed by atoms with Crippen molar-refractivity contribution in [3.8, 4) is 0 Å². The lowest BCUT2D eigenvalue weighted by molar-refractivity contribution is -0.149. The number of carbonyl (C=O) groups excluding carboxylic acids is 2. The van der Waals surface area contributed by atoms with Crippen LogP contribution in [0.3, 0.4) is 0 Å². The van der Waals surface area contributed by atoms with Gasteiger partial charge >= 0.3 is 5.97 Å². The molecule has 2 fully saturated rings. The number of carboxylic acid groups (broad SMARTS) is 1. The number of aliphatic hydroxyl groups is 1. The predicted octanol–water partition coefficient (Wildman–Crippen LogP) is 3.65. The number of nitrogens with zero attached hydrogens (tertiary/aromatic N) is 4. The molecule has 1 aliphatic carbocycles. The van der Waals surface area contributed by atoms with Gasteiger partial charge in [0.25, 0.3) is 5.91 Å². The van der Waals surface area contributed by atoms with Crippen molar-refractivity contribution in [1.29, 1.82) is 0 Å². The van der Waals surface area contributed by atoms with E-state index in [1.54, 1.807) is 19.9 Å². The molecule has 2 amide bonds. The molecule has 1 unspecified atom stereocenters. The molecule has 5 rings (SSSR count). The smallest absolute Gasteiger partial charge is 0.326 e. The molecule has 2 heterocycles. The number of aliphatic carboxylic acids is 1. The molecule has 3 N–H and O–H groups in total. The Hall–Kier alpha value is -3.79. The van der Waals surface area contributed by atoms with Crippen LogP contribution in [-0.2, 0) is 15.2 Å². The van der Waals surface area contributed by atoms with Gasteiger partial charge in [0.05, 0.1) is 17.9 Å². The first-order chi connectivity index (χ1) is 19.1. The van der Waals surface area contributed by atoms with Gasteiger partial charge in [-0.15, -0.1) is 5.10 Å². The summed E-state index contributed by atoms with van der Waals surface area (Å²) >= 11 is 0. The van der Waals surface area contributed by atoms with E-state index in [0.29, 0.717) is 17.7 Å². The Morgan fingerprint density at radius 3 is 2.50 bits per heavy atom. The Kier molecular flexibility index (Phi) is 7.89. The number of nitrogens with one attached hydrogen (secondary N) is 1. The van der Waals surface area contributed by atoms with Gasteiger partial charge in [0.15, 0.2) is 0 Å². The van der Waals surface area contributed by atoms with Crippen molar-refractivity contribution < 1.29 is 24.6 Å². The molecule has 1 saturated heterocycles. The monoisotopic (exact) mass is 547 g/mol. The molecule has 40 heavy (non-hydrogen) atoms. The SMILES string of the molecule is CC(C)(O)c1cnnn1[C@H]1C[C@@H](C(=O)O)N(C(=O)C(CC2CCCCC2)NC(=O)c2ccc3ccccc3c2)C1. The third-order valence-corrected chi connectivity index (χ3v) is 8.30. The highest BCUT2D eigenvalue weighted by atomic mass is 16.4. The maximum atomic E-state index is 14.1. The van der Waals surface area contributed by atoms with Gasteiger partial charge in [-0.1, -0.05) is 67.6 Å². The minimum absolute atomic E-state index is 0.0925. The molecule has 212 valence electrons. The number of hydrogen-bond donors (Lipinski definition) is 3. The number of amides is 2. The molecule has 2 aliphatic rings. The van der Waals surface area contributed by atoms with Crippen LogP contribution in [0.2, 0.25) is 0 Å². The van der Waals surface area contributed by atoms with E-state index < -0.39 is 35.6 Å². The highest BCUT2D eigenvalue weighted by Gasteiger charge is 2.44.